The molecule has 1 aromatic rings. The van der Waals surface area contributed by atoms with Crippen LogP contribution >= 0.6 is 30.8 Å². The summed E-state index contributed by atoms with van der Waals surface area (Å²) in [4.78, 5) is 27.5. The molecule has 0 fully saturated rings. The molecule has 0 radical (unpaired) electrons. The first-order valence-corrected chi connectivity index (χ1v) is 6.21. The van der Waals surface area contributed by atoms with Gasteiger partial charge in [-0.25, -0.2) is 0 Å². The molecule has 0 aromatic heterocycles. The second-order valence-electron chi connectivity index (χ2n) is 2.89. The highest BCUT2D eigenvalue weighted by atomic mass is 35.5. The summed E-state index contributed by atoms with van der Waals surface area (Å²) in [5, 5.41) is 10.3. The number of hydrogen-bond acceptors (Lipinski definition) is 3. The van der Waals surface area contributed by atoms with Crippen LogP contribution in [0, 0.1) is 10.1 Å². The number of non-ortho nitro benzene ring substituents is 1. The van der Waals surface area contributed by atoms with Crippen molar-refractivity contribution < 1.29 is 19.3 Å². The Morgan fingerprint density at radius 2 is 1.69 bits per heavy atom. The highest BCUT2D eigenvalue weighted by Gasteiger charge is 2.45. The predicted octanol–water partition coefficient (Wildman–Crippen LogP) is 2.36. The first kappa shape index (κ1) is 13.4. The number of alkyl halides is 2. The lowest BCUT2D eigenvalue weighted by Crippen LogP contribution is -2.10. The SMILES string of the molecule is O=[N+]([O-])c1ccc(C(Cl)(Cl)P(=O)(O)O)cc1. The van der Waals surface area contributed by atoms with E-state index in [0.29, 0.717) is 0 Å². The molecule has 0 aliphatic carbocycles. The molecular weight excluding hydrogens is 280 g/mol. The molecule has 0 atom stereocenters. The zero-order chi connectivity index (χ0) is 12.6. The zero-order valence-corrected chi connectivity index (χ0v) is 9.99. The van der Waals surface area contributed by atoms with Gasteiger partial charge in [0, 0.05) is 17.7 Å². The number of hydrogen-bond donors (Lipinski definition) is 2. The molecule has 0 aliphatic rings. The maximum absolute atomic E-state index is 11.0. The maximum atomic E-state index is 11.0. The third-order valence-corrected chi connectivity index (χ3v) is 4.54. The summed E-state index contributed by atoms with van der Waals surface area (Å²) < 4.78 is 8.57. The monoisotopic (exact) mass is 285 g/mol. The summed E-state index contributed by atoms with van der Waals surface area (Å²) in [6, 6.07) is 4.31. The van der Waals surface area contributed by atoms with Crippen LogP contribution in [0.4, 0.5) is 5.69 Å². The van der Waals surface area contributed by atoms with Crippen molar-refractivity contribution in [3.05, 3.63) is 39.9 Å². The minimum Gasteiger partial charge on any atom is -0.322 e. The molecule has 0 aliphatic heterocycles. The van der Waals surface area contributed by atoms with Crippen LogP contribution in [0.2, 0.25) is 0 Å². The molecular formula is C7H6Cl2NO5P. The lowest BCUT2D eigenvalue weighted by Gasteiger charge is -2.20. The van der Waals surface area contributed by atoms with Crippen LogP contribution in [0.1, 0.15) is 5.56 Å². The lowest BCUT2D eigenvalue weighted by molar-refractivity contribution is -0.384. The third-order valence-electron chi connectivity index (χ3n) is 1.79. The number of nitrogens with zero attached hydrogens (tertiary/aromatic N) is 1. The van der Waals surface area contributed by atoms with Crippen LogP contribution in [0.25, 0.3) is 0 Å². The van der Waals surface area contributed by atoms with Gasteiger partial charge >= 0.3 is 7.60 Å². The van der Waals surface area contributed by atoms with Gasteiger partial charge in [-0.2, -0.15) is 0 Å². The zero-order valence-electron chi connectivity index (χ0n) is 7.58. The number of nitro groups is 1. The number of benzene rings is 1. The molecule has 0 spiro atoms. The van der Waals surface area contributed by atoms with Crippen molar-refractivity contribution in [3.8, 4) is 0 Å². The van der Waals surface area contributed by atoms with Crippen molar-refractivity contribution in [2.75, 3.05) is 0 Å². The van der Waals surface area contributed by atoms with E-state index in [-0.39, 0.29) is 11.3 Å². The number of halogens is 2. The molecule has 0 saturated heterocycles. The van der Waals surface area contributed by atoms with E-state index in [1.807, 2.05) is 0 Å². The third kappa shape index (κ3) is 2.53. The molecule has 9 heteroatoms. The Hall–Kier alpha value is -0.650. The normalized spacial score (nSPS) is 12.5. The van der Waals surface area contributed by atoms with Crippen LogP contribution in [0.3, 0.4) is 0 Å². The highest BCUT2D eigenvalue weighted by molar-refractivity contribution is 7.57. The predicted molar refractivity (Wildman–Crippen MR) is 58.5 cm³/mol. The van der Waals surface area contributed by atoms with Crippen molar-refractivity contribution >= 4 is 36.5 Å². The van der Waals surface area contributed by atoms with E-state index in [4.69, 9.17) is 33.0 Å². The Morgan fingerprint density at radius 3 is 2.00 bits per heavy atom. The molecule has 1 aromatic carbocycles. The molecule has 6 nitrogen and oxygen atoms in total. The molecule has 1 rings (SSSR count). The maximum Gasteiger partial charge on any atom is 0.365 e. The number of nitro benzene ring substituents is 1. The Kier molecular flexibility index (Phi) is 3.62. The van der Waals surface area contributed by atoms with E-state index >= 15 is 0 Å². The minimum absolute atomic E-state index is 0.102. The Balaban J connectivity index is 3.17. The van der Waals surface area contributed by atoms with Gasteiger partial charge in [0.25, 0.3) is 5.69 Å². The molecule has 0 saturated carbocycles. The fourth-order valence-electron chi connectivity index (χ4n) is 0.952. The molecule has 0 unspecified atom stereocenters. The standard InChI is InChI=1S/C7H6Cl2NO5P/c8-7(9,16(13,14)15)5-1-3-6(4-2-5)10(11)12/h1-4H,(H2,13,14,15). The smallest absolute Gasteiger partial charge is 0.322 e. The molecule has 16 heavy (non-hydrogen) atoms. The van der Waals surface area contributed by atoms with Crippen LogP contribution in [0.15, 0.2) is 24.3 Å². The Morgan fingerprint density at radius 1 is 1.25 bits per heavy atom. The van der Waals surface area contributed by atoms with Gasteiger partial charge in [0.05, 0.1) is 4.92 Å². The summed E-state index contributed by atoms with van der Waals surface area (Å²) in [7, 11) is -4.77. The van der Waals surface area contributed by atoms with Gasteiger partial charge in [-0.05, 0) is 12.1 Å². The summed E-state index contributed by atoms with van der Waals surface area (Å²) in [5.41, 5.74) is -0.326. The second kappa shape index (κ2) is 4.31. The van der Waals surface area contributed by atoms with Crippen LogP contribution in [-0.2, 0) is 8.64 Å². The van der Waals surface area contributed by atoms with Crippen LogP contribution in [0.5, 0.6) is 0 Å². The van der Waals surface area contributed by atoms with E-state index in [1.54, 1.807) is 0 Å². The van der Waals surface area contributed by atoms with Gasteiger partial charge < -0.3 is 9.79 Å². The van der Waals surface area contributed by atoms with E-state index in [1.165, 1.54) is 0 Å². The summed E-state index contributed by atoms with van der Waals surface area (Å²) in [6.45, 7) is 0. The summed E-state index contributed by atoms with van der Waals surface area (Å²) >= 11 is 11.0. The Bertz CT molecular complexity index is 454. The second-order valence-corrected chi connectivity index (χ2v) is 6.50. The molecule has 88 valence electrons. The topological polar surface area (TPSA) is 101 Å². The van der Waals surface area contributed by atoms with Crippen LogP contribution in [-0.4, -0.2) is 14.7 Å². The van der Waals surface area contributed by atoms with Crippen molar-refractivity contribution in [2.45, 2.75) is 4.07 Å². The van der Waals surface area contributed by atoms with Crippen LogP contribution < -0.4 is 0 Å². The number of rotatable bonds is 3. The first-order chi connectivity index (χ1) is 7.16. The molecule has 0 amide bonds. The quantitative estimate of drug-likeness (QED) is 0.384. The average molecular weight is 286 g/mol. The molecule has 0 bridgehead atoms. The summed E-state index contributed by atoms with van der Waals surface area (Å²) in [6.07, 6.45) is 0. The van der Waals surface area contributed by atoms with Gasteiger partial charge in [-0.15, -0.1) is 0 Å². The van der Waals surface area contributed by atoms with Gasteiger partial charge in [0.1, 0.15) is 0 Å². The largest absolute Gasteiger partial charge is 0.365 e. The molecule has 2 N–H and O–H groups in total. The van der Waals surface area contributed by atoms with Crippen molar-refractivity contribution in [2.24, 2.45) is 0 Å². The van der Waals surface area contributed by atoms with Gasteiger partial charge in [0.2, 0.25) is 4.07 Å². The fraction of sp³-hybridized carbons (Fsp3) is 0.143. The first-order valence-electron chi connectivity index (χ1n) is 3.84. The van der Waals surface area contributed by atoms with E-state index < -0.39 is 16.6 Å². The fourth-order valence-corrected chi connectivity index (χ4v) is 1.69. The lowest BCUT2D eigenvalue weighted by atomic mass is 10.2. The van der Waals surface area contributed by atoms with E-state index in [9.17, 15) is 14.7 Å². The van der Waals surface area contributed by atoms with E-state index in [2.05, 4.69) is 0 Å². The Labute approximate surface area is 100 Å². The minimum atomic E-state index is -4.77. The summed E-state index contributed by atoms with van der Waals surface area (Å²) in [5.74, 6) is 0. The van der Waals surface area contributed by atoms with Crippen molar-refractivity contribution in [3.63, 3.8) is 0 Å². The van der Waals surface area contributed by atoms with Gasteiger partial charge in [-0.1, -0.05) is 23.2 Å². The van der Waals surface area contributed by atoms with E-state index in [0.717, 1.165) is 24.3 Å². The van der Waals surface area contributed by atoms with Gasteiger partial charge in [0.15, 0.2) is 0 Å². The van der Waals surface area contributed by atoms with Crippen molar-refractivity contribution in [1.82, 2.24) is 0 Å². The van der Waals surface area contributed by atoms with Gasteiger partial charge in [-0.3, -0.25) is 14.7 Å². The average Bonchev–Trinajstić information content (AvgIpc) is 2.16. The highest BCUT2D eigenvalue weighted by Crippen LogP contribution is 2.62. The van der Waals surface area contributed by atoms with Crippen molar-refractivity contribution in [1.29, 1.82) is 0 Å². The molecule has 0 heterocycles.